The van der Waals surface area contributed by atoms with Crippen molar-refractivity contribution in [1.82, 2.24) is 9.97 Å². The largest absolute Gasteiger partial charge is 0.485 e. The Kier molecular flexibility index (Phi) is 4.51. The van der Waals surface area contributed by atoms with Crippen molar-refractivity contribution in [2.45, 2.75) is 6.61 Å². The molecule has 5 heteroatoms. The van der Waals surface area contributed by atoms with Crippen molar-refractivity contribution in [3.63, 3.8) is 0 Å². The Morgan fingerprint density at radius 1 is 0.864 bits per heavy atom. The Morgan fingerprint density at radius 2 is 1.59 bits per heavy atom. The maximum Gasteiger partial charge on any atom is 0.223 e. The zero-order chi connectivity index (χ0) is 15.2. The molecule has 1 heterocycles. The molecule has 2 aromatic carbocycles. The monoisotopic (exact) mass is 312 g/mol. The molecule has 0 aliphatic carbocycles. The highest BCUT2D eigenvalue weighted by Gasteiger charge is 2.07. The van der Waals surface area contributed by atoms with Crippen LogP contribution in [-0.4, -0.2) is 9.97 Å². The standard InChI is InChI=1S/C17H13ClN2O2/c18-16-10-17(20-12-19-16)22-15-9-5-4-8-14(15)21-11-13-6-2-1-3-7-13/h1-10,12H,11H2. The zero-order valence-electron chi connectivity index (χ0n) is 11.6. The molecule has 1 aromatic heterocycles. The molecule has 110 valence electrons. The first-order chi connectivity index (χ1) is 10.8. The summed E-state index contributed by atoms with van der Waals surface area (Å²) < 4.78 is 11.5. The molecular formula is C17H13ClN2O2. The number of halogens is 1. The maximum absolute atomic E-state index is 5.83. The second-order valence-electron chi connectivity index (χ2n) is 4.50. The van der Waals surface area contributed by atoms with Gasteiger partial charge in [0.15, 0.2) is 11.5 Å². The van der Waals surface area contributed by atoms with E-state index in [1.54, 1.807) is 6.07 Å². The Bertz CT molecular complexity index is 750. The van der Waals surface area contributed by atoms with Gasteiger partial charge in [-0.1, -0.05) is 54.1 Å². The van der Waals surface area contributed by atoms with Crippen LogP contribution in [0.4, 0.5) is 0 Å². The third-order valence-corrected chi connectivity index (χ3v) is 3.12. The van der Waals surface area contributed by atoms with Crippen molar-refractivity contribution in [3.05, 3.63) is 77.7 Å². The van der Waals surface area contributed by atoms with Gasteiger partial charge in [-0.05, 0) is 17.7 Å². The molecule has 0 spiro atoms. The minimum absolute atomic E-state index is 0.327. The van der Waals surface area contributed by atoms with Crippen LogP contribution in [0.2, 0.25) is 5.15 Å². The molecule has 0 radical (unpaired) electrons. The molecule has 0 aliphatic rings. The fourth-order valence-electron chi connectivity index (χ4n) is 1.87. The number of rotatable bonds is 5. The number of hydrogen-bond acceptors (Lipinski definition) is 4. The summed E-state index contributed by atoms with van der Waals surface area (Å²) in [5.41, 5.74) is 1.09. The Balaban J connectivity index is 1.75. The van der Waals surface area contributed by atoms with Crippen LogP contribution in [0.1, 0.15) is 5.56 Å². The quantitative estimate of drug-likeness (QED) is 0.651. The lowest BCUT2D eigenvalue weighted by Crippen LogP contribution is -1.97. The summed E-state index contributed by atoms with van der Waals surface area (Å²) in [4.78, 5) is 7.84. The van der Waals surface area contributed by atoms with Crippen molar-refractivity contribution in [1.29, 1.82) is 0 Å². The van der Waals surface area contributed by atoms with Crippen LogP contribution < -0.4 is 9.47 Å². The van der Waals surface area contributed by atoms with Gasteiger partial charge in [0.05, 0.1) is 0 Å². The van der Waals surface area contributed by atoms with E-state index in [0.29, 0.717) is 29.1 Å². The fourth-order valence-corrected chi connectivity index (χ4v) is 2.01. The van der Waals surface area contributed by atoms with Crippen LogP contribution in [0.5, 0.6) is 17.4 Å². The van der Waals surface area contributed by atoms with Crippen LogP contribution in [0.3, 0.4) is 0 Å². The molecule has 0 fully saturated rings. The van der Waals surface area contributed by atoms with E-state index in [9.17, 15) is 0 Å². The van der Waals surface area contributed by atoms with Crippen molar-refractivity contribution in [2.24, 2.45) is 0 Å². The van der Waals surface area contributed by atoms with Gasteiger partial charge in [-0.25, -0.2) is 9.97 Å². The zero-order valence-corrected chi connectivity index (χ0v) is 12.4. The lowest BCUT2D eigenvalue weighted by atomic mass is 10.2. The van der Waals surface area contributed by atoms with Crippen molar-refractivity contribution in [3.8, 4) is 17.4 Å². The van der Waals surface area contributed by atoms with E-state index >= 15 is 0 Å². The molecule has 3 aromatic rings. The summed E-state index contributed by atoms with van der Waals surface area (Å²) in [7, 11) is 0. The number of benzene rings is 2. The average Bonchev–Trinajstić information content (AvgIpc) is 2.55. The lowest BCUT2D eigenvalue weighted by Gasteiger charge is -2.11. The number of para-hydroxylation sites is 2. The van der Waals surface area contributed by atoms with Crippen LogP contribution in [-0.2, 0) is 6.61 Å². The summed E-state index contributed by atoms with van der Waals surface area (Å²) in [5.74, 6) is 1.59. The van der Waals surface area contributed by atoms with Crippen molar-refractivity contribution >= 4 is 11.6 Å². The molecule has 0 aliphatic heterocycles. The van der Waals surface area contributed by atoms with Gasteiger partial charge in [0.1, 0.15) is 18.1 Å². The Hall–Kier alpha value is -2.59. The van der Waals surface area contributed by atoms with Gasteiger partial charge in [-0.3, -0.25) is 0 Å². The molecule has 0 saturated carbocycles. The van der Waals surface area contributed by atoms with Crippen LogP contribution in [0.25, 0.3) is 0 Å². The van der Waals surface area contributed by atoms with E-state index in [1.165, 1.54) is 6.33 Å². The van der Waals surface area contributed by atoms with Crippen LogP contribution in [0.15, 0.2) is 67.0 Å². The van der Waals surface area contributed by atoms with E-state index < -0.39 is 0 Å². The van der Waals surface area contributed by atoms with Gasteiger partial charge in [0.2, 0.25) is 5.88 Å². The average molecular weight is 313 g/mol. The molecule has 0 N–H and O–H groups in total. The summed E-state index contributed by atoms with van der Waals surface area (Å²) in [6.45, 7) is 0.464. The highest BCUT2D eigenvalue weighted by molar-refractivity contribution is 6.29. The van der Waals surface area contributed by atoms with E-state index in [0.717, 1.165) is 5.56 Å². The summed E-state index contributed by atoms with van der Waals surface area (Å²) >= 11 is 5.83. The predicted molar refractivity (Wildman–Crippen MR) is 84.3 cm³/mol. The molecule has 0 atom stereocenters. The third-order valence-electron chi connectivity index (χ3n) is 2.91. The first-order valence-electron chi connectivity index (χ1n) is 6.72. The summed E-state index contributed by atoms with van der Waals surface area (Å²) in [6.07, 6.45) is 1.35. The summed E-state index contributed by atoms with van der Waals surface area (Å²) in [5, 5.41) is 0.327. The normalized spacial score (nSPS) is 10.2. The topological polar surface area (TPSA) is 44.2 Å². The second kappa shape index (κ2) is 6.91. The van der Waals surface area contributed by atoms with E-state index in [2.05, 4.69) is 9.97 Å². The molecular weight excluding hydrogens is 300 g/mol. The lowest BCUT2D eigenvalue weighted by molar-refractivity contribution is 0.290. The van der Waals surface area contributed by atoms with Crippen LogP contribution in [0, 0.1) is 0 Å². The first-order valence-corrected chi connectivity index (χ1v) is 7.10. The smallest absolute Gasteiger partial charge is 0.223 e. The third kappa shape index (κ3) is 3.74. The van der Waals surface area contributed by atoms with Gasteiger partial charge in [0, 0.05) is 6.07 Å². The minimum atomic E-state index is 0.327. The number of ether oxygens (including phenoxy) is 2. The highest BCUT2D eigenvalue weighted by Crippen LogP contribution is 2.31. The SMILES string of the molecule is Clc1cc(Oc2ccccc2OCc2ccccc2)ncn1. The molecule has 0 saturated heterocycles. The predicted octanol–water partition coefficient (Wildman–Crippen LogP) is 4.50. The Morgan fingerprint density at radius 3 is 2.36 bits per heavy atom. The molecule has 0 unspecified atom stereocenters. The maximum atomic E-state index is 5.83. The molecule has 22 heavy (non-hydrogen) atoms. The molecule has 3 rings (SSSR count). The van der Waals surface area contributed by atoms with Gasteiger partial charge in [-0.15, -0.1) is 0 Å². The molecule has 0 bridgehead atoms. The minimum Gasteiger partial charge on any atom is -0.485 e. The van der Waals surface area contributed by atoms with Crippen molar-refractivity contribution < 1.29 is 9.47 Å². The van der Waals surface area contributed by atoms with E-state index in [1.807, 2.05) is 54.6 Å². The van der Waals surface area contributed by atoms with Crippen LogP contribution >= 0.6 is 11.6 Å². The summed E-state index contributed by atoms with van der Waals surface area (Å²) in [6, 6.07) is 18.9. The highest BCUT2D eigenvalue weighted by atomic mass is 35.5. The van der Waals surface area contributed by atoms with Gasteiger partial charge in [-0.2, -0.15) is 0 Å². The second-order valence-corrected chi connectivity index (χ2v) is 4.89. The number of aromatic nitrogens is 2. The molecule has 0 amide bonds. The fraction of sp³-hybridized carbons (Fsp3) is 0.0588. The van der Waals surface area contributed by atoms with E-state index in [4.69, 9.17) is 21.1 Å². The van der Waals surface area contributed by atoms with Gasteiger partial charge in [0.25, 0.3) is 0 Å². The van der Waals surface area contributed by atoms with Gasteiger partial charge < -0.3 is 9.47 Å². The first kappa shape index (κ1) is 14.4. The molecule has 4 nitrogen and oxygen atoms in total. The van der Waals surface area contributed by atoms with Gasteiger partial charge >= 0.3 is 0 Å². The van der Waals surface area contributed by atoms with Crippen molar-refractivity contribution in [2.75, 3.05) is 0 Å². The Labute approximate surface area is 133 Å². The number of hydrogen-bond donors (Lipinski definition) is 0. The number of nitrogens with zero attached hydrogens (tertiary/aromatic N) is 2. The van der Waals surface area contributed by atoms with E-state index in [-0.39, 0.29) is 0 Å².